The van der Waals surface area contributed by atoms with Crippen molar-refractivity contribution in [2.24, 2.45) is 5.92 Å². The molecule has 0 aromatic heterocycles. The Balaban J connectivity index is 1.54. The summed E-state index contributed by atoms with van der Waals surface area (Å²) >= 11 is 0. The zero-order valence-electron chi connectivity index (χ0n) is 16.0. The molecule has 1 aliphatic heterocycles. The third-order valence-electron chi connectivity index (χ3n) is 5.72. The van der Waals surface area contributed by atoms with Gasteiger partial charge in [-0.25, -0.2) is 17.9 Å². The Kier molecular flexibility index (Phi) is 6.89. The molecule has 2 aliphatic rings. The van der Waals surface area contributed by atoms with Crippen LogP contribution in [-0.4, -0.2) is 52.1 Å². The van der Waals surface area contributed by atoms with E-state index in [-0.39, 0.29) is 16.5 Å². The number of piperidine rings is 1. The van der Waals surface area contributed by atoms with E-state index in [9.17, 15) is 13.2 Å². The van der Waals surface area contributed by atoms with Crippen LogP contribution in [0.25, 0.3) is 0 Å². The summed E-state index contributed by atoms with van der Waals surface area (Å²) in [7, 11) is -2.36. The molecule has 1 aromatic rings. The topological polar surface area (TPSA) is 75.7 Å². The number of ether oxygens (including phenoxy) is 1. The fraction of sp³-hybridized carbons (Fsp3) is 0.650. The standard InChI is InChI=1S/C20H30N2O4S/c1-26-20(23)17-8-5-9-19(14-17)27(24,25)21-18-10-12-22(13-11-18)15-16-6-3-2-4-7-16/h5,8-9,14,16,18,21H,2-4,6-7,10-13,15H2,1H3. The molecule has 1 saturated carbocycles. The highest BCUT2D eigenvalue weighted by molar-refractivity contribution is 7.89. The molecule has 0 bridgehead atoms. The van der Waals surface area contributed by atoms with Crippen LogP contribution in [0, 0.1) is 5.92 Å². The number of rotatable bonds is 6. The van der Waals surface area contributed by atoms with Crippen LogP contribution >= 0.6 is 0 Å². The van der Waals surface area contributed by atoms with Gasteiger partial charge < -0.3 is 9.64 Å². The summed E-state index contributed by atoms with van der Waals surface area (Å²) in [5.41, 5.74) is 0.239. The van der Waals surface area contributed by atoms with E-state index in [1.807, 2.05) is 0 Å². The summed E-state index contributed by atoms with van der Waals surface area (Å²) in [6.45, 7) is 3.03. The number of carbonyl (C=O) groups is 1. The number of likely N-dealkylation sites (tertiary alicyclic amines) is 1. The predicted molar refractivity (Wildman–Crippen MR) is 104 cm³/mol. The number of benzene rings is 1. The highest BCUT2D eigenvalue weighted by atomic mass is 32.2. The van der Waals surface area contributed by atoms with Crippen LogP contribution in [0.3, 0.4) is 0 Å². The molecule has 0 unspecified atom stereocenters. The predicted octanol–water partition coefficient (Wildman–Crippen LogP) is 2.80. The minimum absolute atomic E-state index is 0.0561. The molecule has 1 saturated heterocycles. The van der Waals surface area contributed by atoms with Gasteiger partial charge in [0.1, 0.15) is 0 Å². The van der Waals surface area contributed by atoms with E-state index < -0.39 is 16.0 Å². The molecule has 0 spiro atoms. The lowest BCUT2D eigenvalue weighted by atomic mass is 9.88. The molecule has 1 aliphatic carbocycles. The highest BCUT2D eigenvalue weighted by Gasteiger charge is 2.26. The van der Waals surface area contributed by atoms with Gasteiger partial charge in [-0.3, -0.25) is 0 Å². The second kappa shape index (κ2) is 9.17. The number of hydrogen-bond donors (Lipinski definition) is 1. The number of nitrogens with zero attached hydrogens (tertiary/aromatic N) is 1. The zero-order valence-corrected chi connectivity index (χ0v) is 16.8. The van der Waals surface area contributed by atoms with Gasteiger partial charge in [0.05, 0.1) is 17.6 Å². The van der Waals surface area contributed by atoms with Gasteiger partial charge in [0.25, 0.3) is 0 Å². The average Bonchev–Trinajstić information content (AvgIpc) is 2.69. The molecule has 1 aromatic carbocycles. The van der Waals surface area contributed by atoms with E-state index >= 15 is 0 Å². The molecule has 150 valence electrons. The third kappa shape index (κ3) is 5.53. The van der Waals surface area contributed by atoms with Crippen molar-refractivity contribution in [3.8, 4) is 0 Å². The van der Waals surface area contributed by atoms with Crippen molar-refractivity contribution in [1.82, 2.24) is 9.62 Å². The van der Waals surface area contributed by atoms with Crippen molar-refractivity contribution in [2.75, 3.05) is 26.7 Å². The number of nitrogens with one attached hydrogen (secondary N) is 1. The van der Waals surface area contributed by atoms with E-state index in [2.05, 4.69) is 14.4 Å². The maximum atomic E-state index is 12.7. The SMILES string of the molecule is COC(=O)c1cccc(S(=O)(=O)NC2CCN(CC3CCCCC3)CC2)c1. The fourth-order valence-electron chi connectivity index (χ4n) is 4.16. The van der Waals surface area contributed by atoms with Crippen LogP contribution in [0.5, 0.6) is 0 Å². The first-order valence-electron chi connectivity index (χ1n) is 9.91. The van der Waals surface area contributed by atoms with Gasteiger partial charge in [-0.15, -0.1) is 0 Å². The van der Waals surface area contributed by atoms with Crippen LogP contribution in [0.1, 0.15) is 55.3 Å². The van der Waals surface area contributed by atoms with Crippen LogP contribution in [0.2, 0.25) is 0 Å². The van der Waals surface area contributed by atoms with E-state index in [4.69, 9.17) is 0 Å². The summed E-state index contributed by atoms with van der Waals surface area (Å²) in [6, 6.07) is 5.93. The van der Waals surface area contributed by atoms with Crippen molar-refractivity contribution >= 4 is 16.0 Å². The van der Waals surface area contributed by atoms with E-state index in [1.54, 1.807) is 12.1 Å². The Bertz CT molecular complexity index is 736. The van der Waals surface area contributed by atoms with Crippen molar-refractivity contribution in [3.63, 3.8) is 0 Å². The molecule has 0 atom stereocenters. The lowest BCUT2D eigenvalue weighted by molar-refractivity contribution is 0.0600. The Labute approximate surface area is 162 Å². The lowest BCUT2D eigenvalue weighted by Crippen LogP contribution is -2.45. The molecule has 3 rings (SSSR count). The highest BCUT2D eigenvalue weighted by Crippen LogP contribution is 2.25. The van der Waals surface area contributed by atoms with Gasteiger partial charge in [0, 0.05) is 12.6 Å². The largest absolute Gasteiger partial charge is 0.465 e. The third-order valence-corrected chi connectivity index (χ3v) is 7.23. The van der Waals surface area contributed by atoms with Crippen molar-refractivity contribution in [1.29, 1.82) is 0 Å². The Morgan fingerprint density at radius 3 is 2.52 bits per heavy atom. The molecule has 0 amide bonds. The number of methoxy groups -OCH3 is 1. The number of sulfonamides is 1. The van der Waals surface area contributed by atoms with Crippen LogP contribution in [0.4, 0.5) is 0 Å². The Morgan fingerprint density at radius 1 is 1.15 bits per heavy atom. The summed E-state index contributed by atoms with van der Waals surface area (Å²) < 4.78 is 32.9. The molecular formula is C20H30N2O4S. The van der Waals surface area contributed by atoms with Crippen LogP contribution in [0.15, 0.2) is 29.2 Å². The first-order valence-corrected chi connectivity index (χ1v) is 11.4. The normalized spacial score (nSPS) is 20.5. The summed E-state index contributed by atoms with van der Waals surface area (Å²) in [5, 5.41) is 0. The van der Waals surface area contributed by atoms with Crippen LogP contribution < -0.4 is 4.72 Å². The molecule has 2 fully saturated rings. The molecule has 6 nitrogen and oxygen atoms in total. The van der Waals surface area contributed by atoms with Gasteiger partial charge in [-0.1, -0.05) is 25.3 Å². The zero-order chi connectivity index (χ0) is 19.3. The van der Waals surface area contributed by atoms with Crippen LogP contribution in [-0.2, 0) is 14.8 Å². The molecular weight excluding hydrogens is 364 g/mol. The summed E-state index contributed by atoms with van der Waals surface area (Å²) in [5.74, 6) is 0.274. The summed E-state index contributed by atoms with van der Waals surface area (Å²) in [4.78, 5) is 14.2. The minimum atomic E-state index is -3.65. The van der Waals surface area contributed by atoms with Crippen molar-refractivity contribution in [3.05, 3.63) is 29.8 Å². The fourth-order valence-corrected chi connectivity index (χ4v) is 5.51. The Hall–Kier alpha value is -1.44. The van der Waals surface area contributed by atoms with E-state index in [0.29, 0.717) is 0 Å². The van der Waals surface area contributed by atoms with Gasteiger partial charge in [0.2, 0.25) is 10.0 Å². The maximum Gasteiger partial charge on any atom is 0.337 e. The smallest absolute Gasteiger partial charge is 0.337 e. The van der Waals surface area contributed by atoms with Gasteiger partial charge >= 0.3 is 5.97 Å². The monoisotopic (exact) mass is 394 g/mol. The second-order valence-corrected chi connectivity index (χ2v) is 9.43. The summed E-state index contributed by atoms with van der Waals surface area (Å²) in [6.07, 6.45) is 8.39. The first kappa shape index (κ1) is 20.3. The van der Waals surface area contributed by atoms with Gasteiger partial charge in [-0.05, 0) is 62.9 Å². The number of esters is 1. The molecule has 27 heavy (non-hydrogen) atoms. The maximum absolute atomic E-state index is 12.7. The molecule has 1 N–H and O–H groups in total. The van der Waals surface area contributed by atoms with Crippen molar-refractivity contribution in [2.45, 2.75) is 55.9 Å². The van der Waals surface area contributed by atoms with E-state index in [0.717, 1.165) is 38.4 Å². The lowest BCUT2D eigenvalue weighted by Gasteiger charge is -2.35. The van der Waals surface area contributed by atoms with E-state index in [1.165, 1.54) is 51.3 Å². The Morgan fingerprint density at radius 2 is 1.85 bits per heavy atom. The first-order chi connectivity index (χ1) is 13.0. The number of carbonyl (C=O) groups excluding carboxylic acids is 1. The molecule has 7 heteroatoms. The van der Waals surface area contributed by atoms with Gasteiger partial charge in [-0.2, -0.15) is 0 Å². The molecule has 1 heterocycles. The van der Waals surface area contributed by atoms with Crippen molar-refractivity contribution < 1.29 is 17.9 Å². The molecule has 0 radical (unpaired) electrons. The quantitative estimate of drug-likeness (QED) is 0.751. The minimum Gasteiger partial charge on any atom is -0.465 e. The van der Waals surface area contributed by atoms with Gasteiger partial charge in [0.15, 0.2) is 0 Å². The number of hydrogen-bond acceptors (Lipinski definition) is 5. The average molecular weight is 395 g/mol. The second-order valence-electron chi connectivity index (χ2n) is 7.72.